The molecule has 0 saturated heterocycles. The topological polar surface area (TPSA) is 48.5 Å². The van der Waals surface area contributed by atoms with Gasteiger partial charge in [0.1, 0.15) is 11.6 Å². The van der Waals surface area contributed by atoms with E-state index in [4.69, 9.17) is 0 Å². The first-order valence-electron chi connectivity index (χ1n) is 7.33. The Labute approximate surface area is 132 Å². The van der Waals surface area contributed by atoms with Crippen LogP contribution in [0, 0.1) is 11.6 Å². The first-order chi connectivity index (χ1) is 11.1. The lowest BCUT2D eigenvalue weighted by Crippen LogP contribution is -2.46. The van der Waals surface area contributed by atoms with Gasteiger partial charge in [0.15, 0.2) is 5.82 Å². The average Bonchev–Trinajstić information content (AvgIpc) is 2.56. The van der Waals surface area contributed by atoms with E-state index in [2.05, 4.69) is 15.2 Å². The van der Waals surface area contributed by atoms with E-state index in [9.17, 15) is 13.6 Å². The van der Waals surface area contributed by atoms with Crippen LogP contribution in [0.15, 0.2) is 36.5 Å². The summed E-state index contributed by atoms with van der Waals surface area (Å²) in [6.07, 6.45) is 1.67. The number of hydrogen-bond donors (Lipinski definition) is 1. The van der Waals surface area contributed by atoms with Crippen LogP contribution in [0.1, 0.15) is 6.92 Å². The Balaban J connectivity index is 1.85. The Morgan fingerprint density at radius 1 is 1.30 bits per heavy atom. The van der Waals surface area contributed by atoms with Crippen LogP contribution in [0.25, 0.3) is 0 Å². The van der Waals surface area contributed by atoms with Crippen molar-refractivity contribution in [2.24, 2.45) is 0 Å². The van der Waals surface area contributed by atoms with E-state index in [1.54, 1.807) is 18.3 Å². The van der Waals surface area contributed by atoms with Crippen LogP contribution >= 0.6 is 0 Å². The van der Waals surface area contributed by atoms with Gasteiger partial charge in [-0.1, -0.05) is 0 Å². The van der Waals surface area contributed by atoms with Gasteiger partial charge in [-0.25, -0.2) is 18.6 Å². The van der Waals surface area contributed by atoms with Gasteiger partial charge >= 0.3 is 6.03 Å². The number of fused-ring (bicyclic) bond motifs is 1. The maximum Gasteiger partial charge on any atom is 0.326 e. The second-order valence-corrected chi connectivity index (χ2v) is 5.13. The predicted octanol–water partition coefficient (Wildman–Crippen LogP) is 3.24. The number of aromatic nitrogens is 1. The highest BCUT2D eigenvalue weighted by atomic mass is 19.1. The van der Waals surface area contributed by atoms with Crippen molar-refractivity contribution in [1.29, 1.82) is 0 Å². The smallest absolute Gasteiger partial charge is 0.326 e. The number of nitrogens with zero attached hydrogens (tertiary/aromatic N) is 3. The van der Waals surface area contributed by atoms with E-state index in [0.717, 1.165) is 24.5 Å². The molecule has 7 heteroatoms. The maximum absolute atomic E-state index is 13.7. The Bertz CT molecular complexity index is 738. The van der Waals surface area contributed by atoms with Crippen molar-refractivity contribution in [2.45, 2.75) is 6.92 Å². The summed E-state index contributed by atoms with van der Waals surface area (Å²) in [5.41, 5.74) is 0.611. The second-order valence-electron chi connectivity index (χ2n) is 5.13. The zero-order valence-corrected chi connectivity index (χ0v) is 12.6. The summed E-state index contributed by atoms with van der Waals surface area (Å²) < 4.78 is 26.6. The van der Waals surface area contributed by atoms with Gasteiger partial charge in [-0.2, -0.15) is 0 Å². The number of anilines is 3. The number of carbonyl (C=O) groups excluding carboxylic acids is 1. The third kappa shape index (κ3) is 2.94. The molecule has 2 aromatic rings. The standard InChI is InChI=1S/C16H16F2N4O/c1-2-21-8-9-22(14-4-3-7-19-15(14)21)16(23)20-13-6-5-11(17)10-12(13)18/h3-7,10H,2,8-9H2,1H3,(H,20,23). The quantitative estimate of drug-likeness (QED) is 0.925. The number of nitrogens with one attached hydrogen (secondary N) is 1. The van der Waals surface area contributed by atoms with Crippen LogP contribution in [-0.4, -0.2) is 30.6 Å². The maximum atomic E-state index is 13.7. The lowest BCUT2D eigenvalue weighted by atomic mass is 10.2. The predicted molar refractivity (Wildman–Crippen MR) is 84.8 cm³/mol. The number of hydrogen-bond acceptors (Lipinski definition) is 3. The van der Waals surface area contributed by atoms with Crippen LogP contribution in [0.4, 0.5) is 30.8 Å². The molecule has 3 rings (SSSR count). The molecule has 5 nitrogen and oxygen atoms in total. The number of urea groups is 1. The van der Waals surface area contributed by atoms with Crippen LogP contribution < -0.4 is 15.1 Å². The van der Waals surface area contributed by atoms with E-state index in [1.807, 2.05) is 6.92 Å². The first kappa shape index (κ1) is 15.2. The van der Waals surface area contributed by atoms with Crippen LogP contribution in [0.3, 0.4) is 0 Å². The van der Waals surface area contributed by atoms with E-state index < -0.39 is 17.7 Å². The number of benzene rings is 1. The molecule has 0 saturated carbocycles. The third-order valence-electron chi connectivity index (χ3n) is 3.75. The van der Waals surface area contributed by atoms with Crippen LogP contribution in [0.2, 0.25) is 0 Å². The van der Waals surface area contributed by atoms with Crippen molar-refractivity contribution in [3.63, 3.8) is 0 Å². The fourth-order valence-electron chi connectivity index (χ4n) is 2.58. The average molecular weight is 318 g/mol. The van der Waals surface area contributed by atoms with Crippen molar-refractivity contribution in [1.82, 2.24) is 4.98 Å². The fourth-order valence-corrected chi connectivity index (χ4v) is 2.58. The molecule has 0 unspecified atom stereocenters. The molecule has 23 heavy (non-hydrogen) atoms. The molecule has 1 aliphatic rings. The summed E-state index contributed by atoms with van der Waals surface area (Å²) in [4.78, 5) is 20.4. The zero-order chi connectivity index (χ0) is 16.4. The molecule has 120 valence electrons. The van der Waals surface area contributed by atoms with Gasteiger partial charge in [0.25, 0.3) is 0 Å². The molecule has 0 fully saturated rings. The minimum Gasteiger partial charge on any atom is -0.353 e. The van der Waals surface area contributed by atoms with Gasteiger partial charge in [0.05, 0.1) is 11.4 Å². The summed E-state index contributed by atoms with van der Waals surface area (Å²) in [5, 5.41) is 2.48. The monoisotopic (exact) mass is 318 g/mol. The number of amides is 2. The highest BCUT2D eigenvalue weighted by molar-refractivity contribution is 6.04. The Morgan fingerprint density at radius 3 is 2.87 bits per heavy atom. The summed E-state index contributed by atoms with van der Waals surface area (Å²) in [6, 6.07) is 6.11. The zero-order valence-electron chi connectivity index (χ0n) is 12.6. The molecule has 0 spiro atoms. The molecule has 2 heterocycles. The van der Waals surface area contributed by atoms with Crippen molar-refractivity contribution in [3.8, 4) is 0 Å². The normalized spacial score (nSPS) is 13.7. The molecule has 1 aliphatic heterocycles. The number of halogens is 2. The Kier molecular flexibility index (Phi) is 4.10. The van der Waals surface area contributed by atoms with Gasteiger partial charge in [0, 0.05) is 31.9 Å². The second kappa shape index (κ2) is 6.20. The van der Waals surface area contributed by atoms with E-state index in [-0.39, 0.29) is 5.69 Å². The van der Waals surface area contributed by atoms with Crippen molar-refractivity contribution in [3.05, 3.63) is 48.2 Å². The van der Waals surface area contributed by atoms with Crippen LogP contribution in [-0.2, 0) is 0 Å². The molecule has 0 aliphatic carbocycles. The van der Waals surface area contributed by atoms with Gasteiger partial charge in [0.2, 0.25) is 0 Å². The number of pyridine rings is 1. The minimum absolute atomic E-state index is 0.0558. The van der Waals surface area contributed by atoms with Crippen molar-refractivity contribution < 1.29 is 13.6 Å². The van der Waals surface area contributed by atoms with E-state index in [0.29, 0.717) is 18.8 Å². The Morgan fingerprint density at radius 2 is 2.13 bits per heavy atom. The highest BCUT2D eigenvalue weighted by Crippen LogP contribution is 2.31. The fraction of sp³-hybridized carbons (Fsp3) is 0.250. The van der Waals surface area contributed by atoms with Crippen molar-refractivity contribution >= 4 is 23.2 Å². The summed E-state index contributed by atoms with van der Waals surface area (Å²) in [5.74, 6) is -0.778. The molecule has 1 aromatic heterocycles. The van der Waals surface area contributed by atoms with Gasteiger partial charge in [-0.05, 0) is 31.2 Å². The molecule has 2 amide bonds. The van der Waals surface area contributed by atoms with Gasteiger partial charge < -0.3 is 10.2 Å². The van der Waals surface area contributed by atoms with E-state index >= 15 is 0 Å². The molecular weight excluding hydrogens is 302 g/mol. The minimum atomic E-state index is -0.808. The summed E-state index contributed by atoms with van der Waals surface area (Å²) in [7, 11) is 0. The lowest BCUT2D eigenvalue weighted by Gasteiger charge is -2.35. The number of rotatable bonds is 2. The molecular formula is C16H16F2N4O. The summed E-state index contributed by atoms with van der Waals surface area (Å²) in [6.45, 7) is 3.90. The molecule has 0 atom stereocenters. The molecule has 1 N–H and O–H groups in total. The third-order valence-corrected chi connectivity index (χ3v) is 3.75. The lowest BCUT2D eigenvalue weighted by molar-refractivity contribution is 0.256. The SMILES string of the molecule is CCN1CCN(C(=O)Nc2ccc(F)cc2F)c2cccnc21. The molecule has 0 bridgehead atoms. The van der Waals surface area contributed by atoms with Crippen LogP contribution in [0.5, 0.6) is 0 Å². The van der Waals surface area contributed by atoms with Gasteiger partial charge in [-0.3, -0.25) is 4.90 Å². The highest BCUT2D eigenvalue weighted by Gasteiger charge is 2.27. The van der Waals surface area contributed by atoms with Gasteiger partial charge in [-0.15, -0.1) is 0 Å². The summed E-state index contributed by atoms with van der Waals surface area (Å²) >= 11 is 0. The van der Waals surface area contributed by atoms with Crippen molar-refractivity contribution in [2.75, 3.05) is 34.8 Å². The number of likely N-dealkylation sites (N-methyl/N-ethyl adjacent to an activating group) is 1. The first-order valence-corrected chi connectivity index (χ1v) is 7.33. The Hall–Kier alpha value is -2.70. The largest absolute Gasteiger partial charge is 0.353 e. The number of carbonyl (C=O) groups is 1. The molecule has 1 aromatic carbocycles. The molecule has 0 radical (unpaired) electrons. The van der Waals surface area contributed by atoms with E-state index in [1.165, 1.54) is 11.0 Å².